The molecule has 4 heterocycles. The molecular weight excluding hydrogens is 404 g/mol. The molecular formula is C25H32N4O3. The van der Waals surface area contributed by atoms with Crippen LogP contribution in [0.3, 0.4) is 0 Å². The lowest BCUT2D eigenvalue weighted by atomic mass is 10.1. The van der Waals surface area contributed by atoms with Crippen LogP contribution in [0.1, 0.15) is 61.6 Å². The highest BCUT2D eigenvalue weighted by Gasteiger charge is 2.31. The second-order valence-corrected chi connectivity index (χ2v) is 9.53. The third-order valence-corrected chi connectivity index (χ3v) is 6.78. The van der Waals surface area contributed by atoms with Crippen LogP contribution in [-0.4, -0.2) is 57.2 Å². The van der Waals surface area contributed by atoms with Crippen molar-refractivity contribution >= 4 is 16.8 Å². The third-order valence-electron chi connectivity index (χ3n) is 6.78. The number of aromatic nitrogens is 2. The zero-order chi connectivity index (χ0) is 22.4. The van der Waals surface area contributed by atoms with Gasteiger partial charge in [-0.05, 0) is 64.8 Å². The van der Waals surface area contributed by atoms with Crippen molar-refractivity contribution in [1.82, 2.24) is 19.5 Å². The molecule has 1 atom stereocenters. The molecule has 1 amide bonds. The summed E-state index contributed by atoms with van der Waals surface area (Å²) in [6.45, 7) is 11.8. The number of amides is 1. The maximum atomic E-state index is 13.2. The SMILES string of the molecule is Cc1cc(CN2CC(C)n3c(cc4cc(OC5CCN(C(C)C)CC5)ccc43)C2=O)no1. The summed E-state index contributed by atoms with van der Waals surface area (Å²) in [5.41, 5.74) is 2.59. The van der Waals surface area contributed by atoms with Crippen LogP contribution in [0.25, 0.3) is 10.9 Å². The summed E-state index contributed by atoms with van der Waals surface area (Å²) < 4.78 is 13.7. The fourth-order valence-corrected chi connectivity index (χ4v) is 5.10. The lowest BCUT2D eigenvalue weighted by Gasteiger charge is -2.34. The molecule has 32 heavy (non-hydrogen) atoms. The summed E-state index contributed by atoms with van der Waals surface area (Å²) >= 11 is 0. The molecule has 5 rings (SSSR count). The van der Waals surface area contributed by atoms with Gasteiger partial charge in [0.25, 0.3) is 5.91 Å². The topological polar surface area (TPSA) is 63.7 Å². The third kappa shape index (κ3) is 3.90. The number of aryl methyl sites for hydroxylation is 1. The van der Waals surface area contributed by atoms with Gasteiger partial charge in [-0.1, -0.05) is 5.16 Å². The first-order valence-electron chi connectivity index (χ1n) is 11.7. The molecule has 1 aromatic carbocycles. The second kappa shape index (κ2) is 8.28. The van der Waals surface area contributed by atoms with Gasteiger partial charge in [0.15, 0.2) is 0 Å². The lowest BCUT2D eigenvalue weighted by Crippen LogP contribution is -2.41. The van der Waals surface area contributed by atoms with E-state index in [1.807, 2.05) is 30.0 Å². The number of carbonyl (C=O) groups is 1. The molecule has 0 bridgehead atoms. The average molecular weight is 437 g/mol. The number of nitrogens with zero attached hydrogens (tertiary/aromatic N) is 4. The van der Waals surface area contributed by atoms with Crippen LogP contribution < -0.4 is 4.74 Å². The van der Waals surface area contributed by atoms with Gasteiger partial charge in [-0.3, -0.25) is 4.79 Å². The van der Waals surface area contributed by atoms with E-state index in [0.717, 1.165) is 59.7 Å². The smallest absolute Gasteiger partial charge is 0.270 e. The maximum Gasteiger partial charge on any atom is 0.270 e. The number of rotatable bonds is 5. The Labute approximate surface area is 188 Å². The van der Waals surface area contributed by atoms with Gasteiger partial charge in [0.05, 0.1) is 6.54 Å². The van der Waals surface area contributed by atoms with Crippen molar-refractivity contribution < 1.29 is 14.1 Å². The molecule has 1 unspecified atom stereocenters. The summed E-state index contributed by atoms with van der Waals surface area (Å²) in [5.74, 6) is 1.68. The summed E-state index contributed by atoms with van der Waals surface area (Å²) in [5, 5.41) is 5.11. The molecule has 3 aromatic rings. The number of hydrogen-bond acceptors (Lipinski definition) is 5. The Bertz CT molecular complexity index is 1120. The number of piperidine rings is 1. The standard InChI is InChI=1S/C25H32N4O3/c1-16(2)27-9-7-21(8-10-27)31-22-5-6-23-19(12-22)13-24-25(30)28(14-17(3)29(23)24)15-20-11-18(4)32-26-20/h5-6,11-13,16-17,21H,7-10,14-15H2,1-4H3. The Morgan fingerprint density at radius 3 is 2.66 bits per heavy atom. The predicted octanol–water partition coefficient (Wildman–Crippen LogP) is 4.41. The molecule has 2 aromatic heterocycles. The molecule has 7 nitrogen and oxygen atoms in total. The Morgan fingerprint density at radius 1 is 1.19 bits per heavy atom. The molecule has 170 valence electrons. The molecule has 1 fully saturated rings. The van der Waals surface area contributed by atoms with Gasteiger partial charge >= 0.3 is 0 Å². The quantitative estimate of drug-likeness (QED) is 0.593. The summed E-state index contributed by atoms with van der Waals surface area (Å²) in [6, 6.07) is 10.9. The minimum atomic E-state index is 0.0310. The van der Waals surface area contributed by atoms with E-state index in [2.05, 4.69) is 47.5 Å². The minimum absolute atomic E-state index is 0.0310. The van der Waals surface area contributed by atoms with E-state index in [1.165, 1.54) is 0 Å². The van der Waals surface area contributed by atoms with Crippen molar-refractivity contribution in [3.63, 3.8) is 0 Å². The van der Waals surface area contributed by atoms with Crippen LogP contribution >= 0.6 is 0 Å². The fourth-order valence-electron chi connectivity index (χ4n) is 5.10. The summed E-state index contributed by atoms with van der Waals surface area (Å²) in [7, 11) is 0. The normalized spacial score (nSPS) is 20.3. The number of fused-ring (bicyclic) bond motifs is 3. The van der Waals surface area contributed by atoms with E-state index in [0.29, 0.717) is 19.1 Å². The highest BCUT2D eigenvalue weighted by atomic mass is 16.5. The molecule has 2 aliphatic rings. The molecule has 0 spiro atoms. The van der Waals surface area contributed by atoms with Gasteiger partial charge in [0, 0.05) is 48.7 Å². The maximum absolute atomic E-state index is 13.2. The van der Waals surface area contributed by atoms with Gasteiger partial charge in [-0.25, -0.2) is 0 Å². The fraction of sp³-hybridized carbons (Fsp3) is 0.520. The van der Waals surface area contributed by atoms with Gasteiger partial charge in [0.1, 0.15) is 29.0 Å². The highest BCUT2D eigenvalue weighted by molar-refractivity contribution is 6.00. The van der Waals surface area contributed by atoms with Gasteiger partial charge in [0.2, 0.25) is 0 Å². The van der Waals surface area contributed by atoms with Gasteiger partial charge in [-0.15, -0.1) is 0 Å². The van der Waals surface area contributed by atoms with E-state index < -0.39 is 0 Å². The van der Waals surface area contributed by atoms with Crippen LogP contribution in [0.15, 0.2) is 34.9 Å². The van der Waals surface area contributed by atoms with Crippen molar-refractivity contribution in [3.8, 4) is 5.75 Å². The van der Waals surface area contributed by atoms with Crippen molar-refractivity contribution in [3.05, 3.63) is 47.5 Å². The molecule has 0 radical (unpaired) electrons. The van der Waals surface area contributed by atoms with E-state index >= 15 is 0 Å². The number of benzene rings is 1. The minimum Gasteiger partial charge on any atom is -0.490 e. The van der Waals surface area contributed by atoms with Crippen molar-refractivity contribution in [2.45, 2.75) is 65.3 Å². The predicted molar refractivity (Wildman–Crippen MR) is 123 cm³/mol. The van der Waals surface area contributed by atoms with E-state index in [9.17, 15) is 4.79 Å². The van der Waals surface area contributed by atoms with E-state index in [1.54, 1.807) is 0 Å². The Kier molecular flexibility index (Phi) is 5.45. The van der Waals surface area contributed by atoms with E-state index in [-0.39, 0.29) is 18.1 Å². The molecule has 7 heteroatoms. The van der Waals surface area contributed by atoms with Crippen LogP contribution in [0.2, 0.25) is 0 Å². The summed E-state index contributed by atoms with van der Waals surface area (Å²) in [4.78, 5) is 17.6. The highest BCUT2D eigenvalue weighted by Crippen LogP contribution is 2.33. The Balaban J connectivity index is 1.35. The van der Waals surface area contributed by atoms with Crippen LogP contribution in [-0.2, 0) is 6.54 Å². The Morgan fingerprint density at radius 2 is 1.97 bits per heavy atom. The monoisotopic (exact) mass is 436 g/mol. The molecule has 0 N–H and O–H groups in total. The molecule has 0 aliphatic carbocycles. The zero-order valence-electron chi connectivity index (χ0n) is 19.4. The lowest BCUT2D eigenvalue weighted by molar-refractivity contribution is 0.0660. The van der Waals surface area contributed by atoms with Crippen LogP contribution in [0, 0.1) is 6.92 Å². The van der Waals surface area contributed by atoms with Gasteiger partial charge < -0.3 is 23.6 Å². The largest absolute Gasteiger partial charge is 0.490 e. The van der Waals surface area contributed by atoms with Crippen LogP contribution in [0.5, 0.6) is 5.75 Å². The van der Waals surface area contributed by atoms with E-state index in [4.69, 9.17) is 9.26 Å². The molecule has 2 aliphatic heterocycles. The molecule has 1 saturated heterocycles. The van der Waals surface area contributed by atoms with Crippen LogP contribution in [0.4, 0.5) is 0 Å². The number of ether oxygens (including phenoxy) is 1. The second-order valence-electron chi connectivity index (χ2n) is 9.53. The Hall–Kier alpha value is -2.80. The van der Waals surface area contributed by atoms with Crippen molar-refractivity contribution in [1.29, 1.82) is 0 Å². The number of likely N-dealkylation sites (tertiary alicyclic amines) is 1. The first kappa shape index (κ1) is 21.1. The first-order valence-corrected chi connectivity index (χ1v) is 11.7. The van der Waals surface area contributed by atoms with Crippen molar-refractivity contribution in [2.24, 2.45) is 0 Å². The number of carbonyl (C=O) groups excluding carboxylic acids is 1. The van der Waals surface area contributed by atoms with Gasteiger partial charge in [-0.2, -0.15) is 0 Å². The van der Waals surface area contributed by atoms with Crippen molar-refractivity contribution in [2.75, 3.05) is 19.6 Å². The summed E-state index contributed by atoms with van der Waals surface area (Å²) in [6.07, 6.45) is 2.35. The number of hydrogen-bond donors (Lipinski definition) is 0. The average Bonchev–Trinajstić information content (AvgIpc) is 3.35. The zero-order valence-corrected chi connectivity index (χ0v) is 19.4. The molecule has 0 saturated carbocycles. The first-order chi connectivity index (χ1) is 15.4.